The van der Waals surface area contributed by atoms with Crippen LogP contribution in [0.15, 0.2) is 18.3 Å². The molecular formula is C18H28N4O4. The van der Waals surface area contributed by atoms with Gasteiger partial charge in [-0.3, -0.25) is 14.6 Å². The molecule has 2 amide bonds. The van der Waals surface area contributed by atoms with Crippen LogP contribution in [0.4, 0.5) is 5.69 Å². The van der Waals surface area contributed by atoms with Crippen molar-refractivity contribution in [3.63, 3.8) is 0 Å². The molecule has 1 fully saturated rings. The van der Waals surface area contributed by atoms with Crippen LogP contribution in [-0.2, 0) is 14.3 Å². The van der Waals surface area contributed by atoms with E-state index in [0.29, 0.717) is 44.8 Å². The van der Waals surface area contributed by atoms with Gasteiger partial charge in [-0.2, -0.15) is 0 Å². The van der Waals surface area contributed by atoms with Gasteiger partial charge in [0.1, 0.15) is 11.8 Å². The number of carbonyl (C=O) groups is 2. The van der Waals surface area contributed by atoms with E-state index in [2.05, 4.69) is 15.6 Å². The second-order valence-corrected chi connectivity index (χ2v) is 6.30. The number of rotatable bonds is 10. The van der Waals surface area contributed by atoms with Crippen LogP contribution in [0.5, 0.6) is 0 Å². The molecule has 2 unspecified atom stereocenters. The minimum atomic E-state index is -0.435. The van der Waals surface area contributed by atoms with E-state index in [-0.39, 0.29) is 23.6 Å². The fraction of sp³-hybridized carbons (Fsp3) is 0.611. The van der Waals surface area contributed by atoms with E-state index in [1.807, 2.05) is 6.92 Å². The summed E-state index contributed by atoms with van der Waals surface area (Å²) in [6, 6.07) is 3.21. The molecule has 1 aliphatic heterocycles. The molecular weight excluding hydrogens is 336 g/mol. The Morgan fingerprint density at radius 1 is 1.35 bits per heavy atom. The van der Waals surface area contributed by atoms with Gasteiger partial charge in [0, 0.05) is 31.6 Å². The highest BCUT2D eigenvalue weighted by atomic mass is 16.5. The van der Waals surface area contributed by atoms with Crippen molar-refractivity contribution in [3.8, 4) is 0 Å². The lowest BCUT2D eigenvalue weighted by Crippen LogP contribution is -2.28. The molecule has 0 aromatic carbocycles. The third-order valence-corrected chi connectivity index (χ3v) is 4.03. The van der Waals surface area contributed by atoms with Gasteiger partial charge in [-0.1, -0.05) is 0 Å². The first-order valence-corrected chi connectivity index (χ1v) is 9.08. The predicted octanol–water partition coefficient (Wildman–Crippen LogP) is 1.07. The molecule has 1 saturated heterocycles. The summed E-state index contributed by atoms with van der Waals surface area (Å²) in [5, 5.41) is 5.57. The molecule has 144 valence electrons. The SMILES string of the molecule is CC1CCC(C(=O)Nc2ccnc(C(=O)NCCCOCCCN)c2)O1. The van der Waals surface area contributed by atoms with E-state index in [1.54, 1.807) is 12.1 Å². The van der Waals surface area contributed by atoms with Crippen molar-refractivity contribution < 1.29 is 19.1 Å². The zero-order valence-corrected chi connectivity index (χ0v) is 15.2. The van der Waals surface area contributed by atoms with E-state index in [9.17, 15) is 9.59 Å². The first kappa shape index (κ1) is 20.3. The molecule has 0 radical (unpaired) electrons. The minimum absolute atomic E-state index is 0.101. The summed E-state index contributed by atoms with van der Waals surface area (Å²) >= 11 is 0. The van der Waals surface area contributed by atoms with Crippen LogP contribution in [0.25, 0.3) is 0 Å². The fourth-order valence-corrected chi connectivity index (χ4v) is 2.60. The number of nitrogens with two attached hydrogens (primary N) is 1. The van der Waals surface area contributed by atoms with Crippen LogP contribution < -0.4 is 16.4 Å². The lowest BCUT2D eigenvalue weighted by Gasteiger charge is -2.12. The van der Waals surface area contributed by atoms with E-state index in [4.69, 9.17) is 15.2 Å². The lowest BCUT2D eigenvalue weighted by atomic mass is 10.2. The smallest absolute Gasteiger partial charge is 0.269 e. The Morgan fingerprint density at radius 2 is 2.15 bits per heavy atom. The average molecular weight is 364 g/mol. The number of carbonyl (C=O) groups excluding carboxylic acids is 2. The van der Waals surface area contributed by atoms with Crippen molar-refractivity contribution in [1.82, 2.24) is 10.3 Å². The van der Waals surface area contributed by atoms with Gasteiger partial charge in [-0.25, -0.2) is 0 Å². The zero-order chi connectivity index (χ0) is 18.8. The predicted molar refractivity (Wildman–Crippen MR) is 97.9 cm³/mol. The maximum Gasteiger partial charge on any atom is 0.269 e. The normalized spacial score (nSPS) is 19.3. The van der Waals surface area contributed by atoms with Gasteiger partial charge in [0.05, 0.1) is 6.10 Å². The molecule has 4 N–H and O–H groups in total. The van der Waals surface area contributed by atoms with Crippen molar-refractivity contribution in [3.05, 3.63) is 24.0 Å². The molecule has 2 heterocycles. The van der Waals surface area contributed by atoms with E-state index in [1.165, 1.54) is 6.20 Å². The zero-order valence-electron chi connectivity index (χ0n) is 15.2. The third kappa shape index (κ3) is 6.70. The van der Waals surface area contributed by atoms with Crippen LogP contribution in [0, 0.1) is 0 Å². The number of hydrogen-bond donors (Lipinski definition) is 3. The fourth-order valence-electron chi connectivity index (χ4n) is 2.60. The van der Waals surface area contributed by atoms with Crippen molar-refractivity contribution in [2.45, 2.75) is 44.8 Å². The van der Waals surface area contributed by atoms with E-state index in [0.717, 1.165) is 12.8 Å². The van der Waals surface area contributed by atoms with Gasteiger partial charge in [0.25, 0.3) is 11.8 Å². The molecule has 8 heteroatoms. The summed E-state index contributed by atoms with van der Waals surface area (Å²) in [7, 11) is 0. The molecule has 2 atom stereocenters. The Hall–Kier alpha value is -2.03. The molecule has 1 aromatic rings. The van der Waals surface area contributed by atoms with Crippen LogP contribution in [0.3, 0.4) is 0 Å². The topological polar surface area (TPSA) is 116 Å². The number of nitrogens with one attached hydrogen (secondary N) is 2. The second kappa shape index (κ2) is 10.8. The standard InChI is InChI=1S/C18H28N4O4/c1-13-4-5-16(26-13)18(24)22-14-6-9-20-15(12-14)17(23)21-8-3-11-25-10-2-7-19/h6,9,12-13,16H,2-5,7-8,10-11,19H2,1H3,(H,21,23)(H,20,22,24). The second-order valence-electron chi connectivity index (χ2n) is 6.30. The van der Waals surface area contributed by atoms with E-state index < -0.39 is 6.10 Å². The molecule has 1 aliphatic rings. The molecule has 0 saturated carbocycles. The van der Waals surface area contributed by atoms with Crippen LogP contribution >= 0.6 is 0 Å². The van der Waals surface area contributed by atoms with Crippen molar-refractivity contribution in [2.75, 3.05) is 31.6 Å². The van der Waals surface area contributed by atoms with Gasteiger partial charge in [0.2, 0.25) is 0 Å². The molecule has 1 aromatic heterocycles. The molecule has 26 heavy (non-hydrogen) atoms. The highest BCUT2D eigenvalue weighted by molar-refractivity contribution is 5.97. The van der Waals surface area contributed by atoms with E-state index >= 15 is 0 Å². The van der Waals surface area contributed by atoms with Crippen LogP contribution in [-0.4, -0.2) is 55.3 Å². The molecule has 0 bridgehead atoms. The number of pyridine rings is 1. The Labute approximate surface area is 153 Å². The summed E-state index contributed by atoms with van der Waals surface area (Å²) < 4.78 is 10.9. The quantitative estimate of drug-likeness (QED) is 0.535. The van der Waals surface area contributed by atoms with Crippen molar-refractivity contribution in [1.29, 1.82) is 0 Å². The Morgan fingerprint density at radius 3 is 2.88 bits per heavy atom. The van der Waals surface area contributed by atoms with Crippen molar-refractivity contribution >= 4 is 17.5 Å². The van der Waals surface area contributed by atoms with Crippen LogP contribution in [0.1, 0.15) is 43.1 Å². The number of nitrogens with zero attached hydrogens (tertiary/aromatic N) is 1. The van der Waals surface area contributed by atoms with Gasteiger partial charge >= 0.3 is 0 Å². The molecule has 2 rings (SSSR count). The molecule has 8 nitrogen and oxygen atoms in total. The summed E-state index contributed by atoms with van der Waals surface area (Å²) in [5.41, 5.74) is 6.17. The minimum Gasteiger partial charge on any atom is -0.381 e. The summed E-state index contributed by atoms with van der Waals surface area (Å²) in [5.74, 6) is -0.477. The third-order valence-electron chi connectivity index (χ3n) is 4.03. The number of aromatic nitrogens is 1. The maximum absolute atomic E-state index is 12.2. The van der Waals surface area contributed by atoms with Gasteiger partial charge in [0.15, 0.2) is 0 Å². The first-order chi connectivity index (χ1) is 12.6. The molecule has 0 spiro atoms. The monoisotopic (exact) mass is 364 g/mol. The van der Waals surface area contributed by atoms with Gasteiger partial charge in [-0.05, 0) is 51.3 Å². The highest BCUT2D eigenvalue weighted by Crippen LogP contribution is 2.20. The Kier molecular flexibility index (Phi) is 8.46. The number of hydrogen-bond acceptors (Lipinski definition) is 6. The molecule has 0 aliphatic carbocycles. The van der Waals surface area contributed by atoms with Gasteiger partial charge in [-0.15, -0.1) is 0 Å². The Bertz CT molecular complexity index is 596. The van der Waals surface area contributed by atoms with Crippen LogP contribution in [0.2, 0.25) is 0 Å². The largest absolute Gasteiger partial charge is 0.381 e. The number of anilines is 1. The summed E-state index contributed by atoms with van der Waals surface area (Å²) in [4.78, 5) is 28.4. The summed E-state index contributed by atoms with van der Waals surface area (Å²) in [6.07, 6.45) is 4.29. The van der Waals surface area contributed by atoms with Crippen molar-refractivity contribution in [2.24, 2.45) is 5.73 Å². The summed E-state index contributed by atoms with van der Waals surface area (Å²) in [6.45, 7) is 4.26. The number of amides is 2. The van der Waals surface area contributed by atoms with Gasteiger partial charge < -0.3 is 25.8 Å². The highest BCUT2D eigenvalue weighted by Gasteiger charge is 2.28. The lowest BCUT2D eigenvalue weighted by molar-refractivity contribution is -0.126. The first-order valence-electron chi connectivity index (χ1n) is 9.08. The maximum atomic E-state index is 12.2. The number of ether oxygens (including phenoxy) is 2. The average Bonchev–Trinajstić information content (AvgIpc) is 3.07. The Balaban J connectivity index is 1.75.